The summed E-state index contributed by atoms with van der Waals surface area (Å²) in [4.78, 5) is 26.8. The first kappa shape index (κ1) is 27.5. The van der Waals surface area contributed by atoms with E-state index in [0.29, 0.717) is 35.1 Å². The van der Waals surface area contributed by atoms with Gasteiger partial charge in [0.15, 0.2) is 21.4 Å². The molecule has 214 valence electrons. The van der Waals surface area contributed by atoms with Crippen molar-refractivity contribution in [3.63, 3.8) is 0 Å². The van der Waals surface area contributed by atoms with Gasteiger partial charge in [0.05, 0.1) is 17.0 Å². The van der Waals surface area contributed by atoms with E-state index in [1.165, 1.54) is 0 Å². The van der Waals surface area contributed by atoms with Crippen LogP contribution in [0.2, 0.25) is 0 Å². The van der Waals surface area contributed by atoms with Crippen LogP contribution in [0.15, 0.2) is 46.9 Å². The van der Waals surface area contributed by atoms with E-state index in [1.54, 1.807) is 36.4 Å². The van der Waals surface area contributed by atoms with Gasteiger partial charge in [0.1, 0.15) is 17.9 Å². The third kappa shape index (κ3) is 5.47. The Labute approximate surface area is 236 Å². The topological polar surface area (TPSA) is 103 Å². The largest absolute Gasteiger partial charge is 0.492 e. The SMILES string of the molecule is C#CC1(CC(=O)C2(NC(=O)c3cc4ccc(-c5ccc6c(c5)OCCS(=O)(=O)C6)cc4o3)CCC(F)(F)CC2)CC1. The monoisotopic (exact) mass is 581 g/mol. The Morgan fingerprint density at radius 2 is 1.68 bits per heavy atom. The van der Waals surface area contributed by atoms with Crippen LogP contribution in [0.4, 0.5) is 8.78 Å². The molecule has 2 fully saturated rings. The van der Waals surface area contributed by atoms with Crippen molar-refractivity contribution in [1.82, 2.24) is 5.32 Å². The highest BCUT2D eigenvalue weighted by Gasteiger charge is 2.52. The number of ether oxygens (including phenoxy) is 1. The lowest BCUT2D eigenvalue weighted by Crippen LogP contribution is -2.58. The zero-order chi connectivity index (χ0) is 29.0. The molecule has 1 amide bonds. The number of alkyl halides is 2. The lowest BCUT2D eigenvalue weighted by Gasteiger charge is -2.39. The highest BCUT2D eigenvalue weighted by molar-refractivity contribution is 7.90. The van der Waals surface area contributed by atoms with Crippen molar-refractivity contribution in [3.8, 4) is 29.2 Å². The minimum absolute atomic E-state index is 0.0322. The molecule has 1 N–H and O–H groups in total. The number of nitrogens with one attached hydrogen (secondary N) is 1. The van der Waals surface area contributed by atoms with Crippen molar-refractivity contribution in [1.29, 1.82) is 0 Å². The second-order valence-corrected chi connectivity index (χ2v) is 13.7. The number of Topliss-reactive ketones (excluding diaryl/α,β-unsaturated/α-hetero) is 1. The van der Waals surface area contributed by atoms with E-state index in [2.05, 4.69) is 11.2 Å². The van der Waals surface area contributed by atoms with Crippen LogP contribution in [0.3, 0.4) is 0 Å². The summed E-state index contributed by atoms with van der Waals surface area (Å²) in [6.07, 6.45) is 5.74. The van der Waals surface area contributed by atoms with Gasteiger partial charge < -0.3 is 14.5 Å². The number of hydrogen-bond acceptors (Lipinski definition) is 6. The smallest absolute Gasteiger partial charge is 0.287 e. The minimum Gasteiger partial charge on any atom is -0.492 e. The first-order valence-corrected chi connectivity index (χ1v) is 15.4. The first-order valence-electron chi connectivity index (χ1n) is 13.6. The Morgan fingerprint density at radius 1 is 0.976 bits per heavy atom. The minimum atomic E-state index is -3.22. The lowest BCUT2D eigenvalue weighted by molar-refractivity contribution is -0.131. The number of hydrogen-bond donors (Lipinski definition) is 1. The molecule has 2 aromatic carbocycles. The van der Waals surface area contributed by atoms with E-state index in [-0.39, 0.29) is 48.9 Å². The summed E-state index contributed by atoms with van der Waals surface area (Å²) in [5.74, 6) is -0.823. The summed E-state index contributed by atoms with van der Waals surface area (Å²) in [5, 5.41) is 3.41. The molecule has 7 nitrogen and oxygen atoms in total. The number of rotatable bonds is 6. The summed E-state index contributed by atoms with van der Waals surface area (Å²) >= 11 is 0. The molecule has 0 radical (unpaired) electrons. The third-order valence-corrected chi connectivity index (χ3v) is 10.1. The molecule has 1 aromatic heterocycles. The number of carbonyl (C=O) groups excluding carboxylic acids is 2. The predicted molar refractivity (Wildman–Crippen MR) is 148 cm³/mol. The molecule has 41 heavy (non-hydrogen) atoms. The van der Waals surface area contributed by atoms with Crippen LogP contribution in [0, 0.1) is 17.8 Å². The Bertz CT molecular complexity index is 1700. The number of fused-ring (bicyclic) bond motifs is 2. The molecular formula is C31H29F2NO6S. The Morgan fingerprint density at radius 3 is 2.39 bits per heavy atom. The van der Waals surface area contributed by atoms with Crippen molar-refractivity contribution >= 4 is 32.5 Å². The van der Waals surface area contributed by atoms with Crippen molar-refractivity contribution in [2.75, 3.05) is 12.4 Å². The van der Waals surface area contributed by atoms with Gasteiger partial charge in [0.2, 0.25) is 5.92 Å². The van der Waals surface area contributed by atoms with Crippen LogP contribution in [-0.2, 0) is 20.4 Å². The maximum atomic E-state index is 14.0. The quantitative estimate of drug-likeness (QED) is 0.388. The van der Waals surface area contributed by atoms with Gasteiger partial charge >= 0.3 is 0 Å². The van der Waals surface area contributed by atoms with Crippen molar-refractivity contribution in [2.45, 2.75) is 62.2 Å². The molecule has 3 aromatic rings. The third-order valence-electron chi connectivity index (χ3n) is 8.55. The van der Waals surface area contributed by atoms with Crippen LogP contribution in [0.1, 0.15) is 61.1 Å². The van der Waals surface area contributed by atoms with E-state index in [4.69, 9.17) is 15.6 Å². The molecule has 1 aliphatic heterocycles. The molecule has 0 spiro atoms. The van der Waals surface area contributed by atoms with Crippen LogP contribution in [-0.4, -0.2) is 43.9 Å². The number of sulfone groups is 1. The summed E-state index contributed by atoms with van der Waals surface area (Å²) in [6.45, 7) is 0.0832. The van der Waals surface area contributed by atoms with Gasteiger partial charge in [-0.25, -0.2) is 17.2 Å². The molecule has 2 heterocycles. The van der Waals surface area contributed by atoms with Gasteiger partial charge in [-0.15, -0.1) is 6.42 Å². The molecule has 6 rings (SSSR count). The zero-order valence-corrected chi connectivity index (χ0v) is 23.1. The molecule has 0 unspecified atom stereocenters. The van der Waals surface area contributed by atoms with Crippen LogP contribution in [0.5, 0.6) is 5.75 Å². The van der Waals surface area contributed by atoms with E-state index >= 15 is 0 Å². The molecule has 0 atom stereocenters. The van der Waals surface area contributed by atoms with Gasteiger partial charge in [0.25, 0.3) is 5.91 Å². The predicted octanol–water partition coefficient (Wildman–Crippen LogP) is 5.46. The summed E-state index contributed by atoms with van der Waals surface area (Å²) < 4.78 is 63.8. The number of amides is 1. The lowest BCUT2D eigenvalue weighted by atomic mass is 9.74. The molecule has 0 saturated heterocycles. The van der Waals surface area contributed by atoms with Gasteiger partial charge in [-0.1, -0.05) is 30.2 Å². The summed E-state index contributed by atoms with van der Waals surface area (Å²) in [5.41, 5.74) is 0.601. The van der Waals surface area contributed by atoms with Crippen LogP contribution in [0.25, 0.3) is 22.1 Å². The number of ketones is 1. The summed E-state index contributed by atoms with van der Waals surface area (Å²) in [7, 11) is -3.22. The molecule has 2 saturated carbocycles. The molecule has 3 aliphatic rings. The number of furan rings is 1. The maximum absolute atomic E-state index is 14.0. The fourth-order valence-corrected chi connectivity index (χ4v) is 6.89. The van der Waals surface area contributed by atoms with Gasteiger partial charge in [0, 0.05) is 35.6 Å². The van der Waals surface area contributed by atoms with E-state index in [1.807, 2.05) is 6.07 Å². The normalized spacial score (nSPS) is 21.5. The highest BCUT2D eigenvalue weighted by atomic mass is 32.2. The molecule has 10 heteroatoms. The average molecular weight is 582 g/mol. The van der Waals surface area contributed by atoms with E-state index in [0.717, 1.165) is 11.1 Å². The number of terminal acetylenes is 1. The van der Waals surface area contributed by atoms with Crippen LogP contribution >= 0.6 is 0 Å². The Hall–Kier alpha value is -3.71. The second kappa shape index (κ2) is 9.69. The molecule has 2 aliphatic carbocycles. The zero-order valence-electron chi connectivity index (χ0n) is 22.3. The van der Waals surface area contributed by atoms with E-state index < -0.39 is 45.5 Å². The second-order valence-electron chi connectivity index (χ2n) is 11.5. The van der Waals surface area contributed by atoms with Gasteiger partial charge in [-0.2, -0.15) is 0 Å². The van der Waals surface area contributed by atoms with Gasteiger partial charge in [-0.05, 0) is 55.0 Å². The Balaban J connectivity index is 1.25. The standard InChI is InChI=1S/C31H29F2NO6S/c1-2-29(7-8-29)18-27(35)30(9-11-31(32,33)12-10-30)34-28(36)26-17-22-5-3-21(16-25(22)40-26)20-4-6-23-19-41(37,38)14-13-39-24(23)15-20/h1,3-6,15-17H,7-14,18-19H2,(H,34,36). The number of carbonyl (C=O) groups is 2. The number of halogens is 2. The molecular weight excluding hydrogens is 552 g/mol. The van der Waals surface area contributed by atoms with Crippen molar-refractivity contribution in [3.05, 3.63) is 53.8 Å². The summed E-state index contributed by atoms with van der Waals surface area (Å²) in [6, 6.07) is 12.3. The number of benzene rings is 2. The van der Waals surface area contributed by atoms with E-state index in [9.17, 15) is 26.8 Å². The van der Waals surface area contributed by atoms with Gasteiger partial charge in [-0.3, -0.25) is 9.59 Å². The van der Waals surface area contributed by atoms with Crippen LogP contribution < -0.4 is 10.1 Å². The average Bonchev–Trinajstić information content (AvgIpc) is 3.60. The fourth-order valence-electron chi connectivity index (χ4n) is 5.69. The Kier molecular flexibility index (Phi) is 6.49. The van der Waals surface area contributed by atoms with Crippen molar-refractivity contribution in [2.24, 2.45) is 5.41 Å². The first-order chi connectivity index (χ1) is 19.4. The highest BCUT2D eigenvalue weighted by Crippen LogP contribution is 2.50. The fraction of sp³-hybridized carbons (Fsp3) is 0.419. The molecule has 0 bridgehead atoms. The van der Waals surface area contributed by atoms with Crippen molar-refractivity contribution < 1.29 is 35.9 Å². The maximum Gasteiger partial charge on any atom is 0.287 e.